The molecule has 2 fully saturated rings. The number of nitrogens with two attached hydrogens (primary N) is 1. The summed E-state index contributed by atoms with van der Waals surface area (Å²) in [5, 5.41) is 3.13. The van der Waals surface area contributed by atoms with Crippen LogP contribution in [0.25, 0.3) is 0 Å². The predicted molar refractivity (Wildman–Crippen MR) is 126 cm³/mol. The third-order valence-electron chi connectivity index (χ3n) is 7.18. The number of carbonyl (C=O) groups excluding carboxylic acids is 2. The SMILES string of the molecule is NC(=O)C1CCCC1C(=O)NCC1(c2ccccc2)OC1(c1ccccc1)c1ccccc1. The molecular weight excluding hydrogens is 412 g/mol. The molecule has 168 valence electrons. The summed E-state index contributed by atoms with van der Waals surface area (Å²) in [4.78, 5) is 25.0. The first kappa shape index (κ1) is 21.4. The van der Waals surface area contributed by atoms with Crippen LogP contribution < -0.4 is 11.1 Å². The van der Waals surface area contributed by atoms with Gasteiger partial charge in [-0.15, -0.1) is 0 Å². The fourth-order valence-electron chi connectivity index (χ4n) is 5.52. The van der Waals surface area contributed by atoms with Crippen LogP contribution in [0.2, 0.25) is 0 Å². The molecule has 5 heteroatoms. The maximum absolute atomic E-state index is 13.2. The number of primary amides is 1. The lowest BCUT2D eigenvalue weighted by molar-refractivity contribution is -0.132. The van der Waals surface area contributed by atoms with Gasteiger partial charge in [-0.3, -0.25) is 9.59 Å². The van der Waals surface area contributed by atoms with E-state index in [0.29, 0.717) is 19.4 Å². The number of benzene rings is 3. The minimum atomic E-state index is -0.770. The highest BCUT2D eigenvalue weighted by molar-refractivity contribution is 5.87. The Kier molecular flexibility index (Phi) is 5.51. The van der Waals surface area contributed by atoms with Crippen LogP contribution in [-0.4, -0.2) is 18.4 Å². The van der Waals surface area contributed by atoms with Crippen LogP contribution in [-0.2, 0) is 25.5 Å². The van der Waals surface area contributed by atoms with Gasteiger partial charge in [-0.25, -0.2) is 0 Å². The molecule has 33 heavy (non-hydrogen) atoms. The lowest BCUT2D eigenvalue weighted by Crippen LogP contribution is -2.42. The van der Waals surface area contributed by atoms with Gasteiger partial charge in [-0.2, -0.15) is 0 Å². The number of carbonyl (C=O) groups is 2. The first-order chi connectivity index (χ1) is 16.1. The second-order valence-corrected chi connectivity index (χ2v) is 8.97. The normalized spacial score (nSPS) is 25.3. The van der Waals surface area contributed by atoms with Crippen molar-refractivity contribution in [2.24, 2.45) is 17.6 Å². The van der Waals surface area contributed by atoms with Gasteiger partial charge >= 0.3 is 0 Å². The Balaban J connectivity index is 1.53. The summed E-state index contributed by atoms with van der Waals surface area (Å²) in [6, 6.07) is 30.3. The molecule has 3 atom stereocenters. The molecule has 0 aromatic heterocycles. The summed E-state index contributed by atoms with van der Waals surface area (Å²) in [7, 11) is 0. The van der Waals surface area contributed by atoms with Crippen molar-refractivity contribution < 1.29 is 14.3 Å². The van der Waals surface area contributed by atoms with Crippen molar-refractivity contribution >= 4 is 11.8 Å². The standard InChI is InChI=1S/C28H28N2O3/c29-25(31)23-17-10-18-24(23)26(32)30-19-27(20-11-4-1-5-12-20)28(33-27,21-13-6-2-7-14-21)22-15-8-3-9-16-22/h1-9,11-16,23-24H,10,17-19H2,(H2,29,31)(H,30,32). The molecule has 1 aliphatic heterocycles. The fourth-order valence-corrected chi connectivity index (χ4v) is 5.52. The van der Waals surface area contributed by atoms with Gasteiger partial charge in [0, 0.05) is 11.8 Å². The van der Waals surface area contributed by atoms with Gasteiger partial charge in [-0.05, 0) is 29.5 Å². The second-order valence-electron chi connectivity index (χ2n) is 8.97. The van der Waals surface area contributed by atoms with Crippen molar-refractivity contribution in [1.29, 1.82) is 0 Å². The maximum Gasteiger partial charge on any atom is 0.224 e. The zero-order valence-corrected chi connectivity index (χ0v) is 18.4. The molecule has 1 saturated heterocycles. The third-order valence-corrected chi connectivity index (χ3v) is 7.18. The molecule has 0 bridgehead atoms. The van der Waals surface area contributed by atoms with Gasteiger partial charge in [0.1, 0.15) is 5.60 Å². The molecule has 0 spiro atoms. The van der Waals surface area contributed by atoms with Crippen molar-refractivity contribution in [3.63, 3.8) is 0 Å². The summed E-state index contributed by atoms with van der Waals surface area (Å²) >= 11 is 0. The van der Waals surface area contributed by atoms with Crippen LogP contribution in [0.3, 0.4) is 0 Å². The Morgan fingerprint density at radius 1 is 0.788 bits per heavy atom. The van der Waals surface area contributed by atoms with E-state index in [1.165, 1.54) is 0 Å². The second kappa shape index (κ2) is 8.49. The van der Waals surface area contributed by atoms with Crippen molar-refractivity contribution in [2.45, 2.75) is 30.5 Å². The number of rotatable bonds is 7. The lowest BCUT2D eigenvalue weighted by atomic mass is 9.77. The minimum absolute atomic E-state index is 0.128. The number of nitrogens with one attached hydrogen (secondary N) is 1. The Labute approximate surface area is 194 Å². The van der Waals surface area contributed by atoms with Gasteiger partial charge in [0.05, 0.1) is 6.54 Å². The van der Waals surface area contributed by atoms with E-state index in [1.807, 2.05) is 66.7 Å². The van der Waals surface area contributed by atoms with Crippen molar-refractivity contribution in [1.82, 2.24) is 5.32 Å². The van der Waals surface area contributed by atoms with Crippen LogP contribution in [0, 0.1) is 11.8 Å². The first-order valence-corrected chi connectivity index (χ1v) is 11.5. The van der Waals surface area contributed by atoms with E-state index in [4.69, 9.17) is 10.5 Å². The van der Waals surface area contributed by atoms with Crippen molar-refractivity contribution in [3.8, 4) is 0 Å². The zero-order valence-electron chi connectivity index (χ0n) is 18.4. The average Bonchev–Trinajstić information content (AvgIpc) is 3.30. The van der Waals surface area contributed by atoms with Gasteiger partial charge in [-0.1, -0.05) is 97.4 Å². The molecule has 3 N–H and O–H groups in total. The Bertz CT molecular complexity index is 1090. The van der Waals surface area contributed by atoms with Crippen molar-refractivity contribution in [2.75, 3.05) is 6.54 Å². The largest absolute Gasteiger partial charge is 0.369 e. The molecule has 1 saturated carbocycles. The Hall–Kier alpha value is -3.44. The van der Waals surface area contributed by atoms with Crippen LogP contribution in [0.1, 0.15) is 36.0 Å². The van der Waals surface area contributed by atoms with Crippen molar-refractivity contribution in [3.05, 3.63) is 108 Å². The van der Waals surface area contributed by atoms with Gasteiger partial charge in [0.2, 0.25) is 11.8 Å². The number of amides is 2. The lowest BCUT2D eigenvalue weighted by Gasteiger charge is -2.24. The summed E-state index contributed by atoms with van der Waals surface area (Å²) in [6.07, 6.45) is 2.19. The molecule has 3 aromatic rings. The van der Waals surface area contributed by atoms with Gasteiger partial charge in [0.25, 0.3) is 0 Å². The summed E-state index contributed by atoms with van der Waals surface area (Å²) in [5.74, 6) is -1.30. The highest BCUT2D eigenvalue weighted by Crippen LogP contribution is 2.65. The molecule has 1 aliphatic carbocycles. The minimum Gasteiger partial charge on any atom is -0.369 e. The van der Waals surface area contributed by atoms with E-state index in [-0.39, 0.29) is 11.8 Å². The smallest absolute Gasteiger partial charge is 0.224 e. The Morgan fingerprint density at radius 3 is 1.79 bits per heavy atom. The highest BCUT2D eigenvalue weighted by atomic mass is 16.6. The molecule has 2 aliphatic rings. The number of ether oxygens (including phenoxy) is 1. The highest BCUT2D eigenvalue weighted by Gasteiger charge is 2.72. The van der Waals surface area contributed by atoms with E-state index in [0.717, 1.165) is 23.1 Å². The van der Waals surface area contributed by atoms with E-state index in [9.17, 15) is 9.59 Å². The molecule has 1 heterocycles. The number of epoxide rings is 1. The van der Waals surface area contributed by atoms with Crippen LogP contribution in [0.5, 0.6) is 0 Å². The van der Waals surface area contributed by atoms with E-state index in [2.05, 4.69) is 29.6 Å². The maximum atomic E-state index is 13.2. The molecule has 2 amide bonds. The molecule has 5 rings (SSSR count). The monoisotopic (exact) mass is 440 g/mol. The molecule has 3 unspecified atom stereocenters. The van der Waals surface area contributed by atoms with Gasteiger partial charge in [0.15, 0.2) is 5.60 Å². The van der Waals surface area contributed by atoms with Gasteiger partial charge < -0.3 is 15.8 Å². The molecule has 0 radical (unpaired) electrons. The fraction of sp³-hybridized carbons (Fsp3) is 0.286. The quantitative estimate of drug-likeness (QED) is 0.547. The van der Waals surface area contributed by atoms with E-state index < -0.39 is 23.0 Å². The number of hydrogen-bond acceptors (Lipinski definition) is 3. The molecule has 5 nitrogen and oxygen atoms in total. The molecule has 3 aromatic carbocycles. The average molecular weight is 441 g/mol. The topological polar surface area (TPSA) is 84.7 Å². The van der Waals surface area contributed by atoms with E-state index >= 15 is 0 Å². The zero-order chi connectivity index (χ0) is 22.9. The molecular formula is C28H28N2O3. The third kappa shape index (κ3) is 3.53. The predicted octanol–water partition coefficient (Wildman–Crippen LogP) is 3.87. The number of hydrogen-bond donors (Lipinski definition) is 2. The first-order valence-electron chi connectivity index (χ1n) is 11.5. The van der Waals surface area contributed by atoms with Crippen LogP contribution in [0.4, 0.5) is 0 Å². The van der Waals surface area contributed by atoms with Crippen LogP contribution >= 0.6 is 0 Å². The summed E-state index contributed by atoms with van der Waals surface area (Å²) in [6.45, 7) is 0.293. The summed E-state index contributed by atoms with van der Waals surface area (Å²) < 4.78 is 6.73. The Morgan fingerprint density at radius 2 is 1.27 bits per heavy atom. The van der Waals surface area contributed by atoms with E-state index in [1.54, 1.807) is 0 Å². The summed E-state index contributed by atoms with van der Waals surface area (Å²) in [5.41, 5.74) is 7.12. The van der Waals surface area contributed by atoms with Crippen LogP contribution in [0.15, 0.2) is 91.0 Å².